The molecule has 0 aliphatic heterocycles. The van der Waals surface area contributed by atoms with Gasteiger partial charge in [-0.2, -0.15) is 10.5 Å². The third-order valence-electron chi connectivity index (χ3n) is 5.72. The molecule has 0 atom stereocenters. The van der Waals surface area contributed by atoms with Gasteiger partial charge in [-0.3, -0.25) is 14.2 Å². The van der Waals surface area contributed by atoms with Crippen LogP contribution in [-0.4, -0.2) is 35.5 Å². The number of thiazole rings is 1. The summed E-state index contributed by atoms with van der Waals surface area (Å²) in [6.45, 7) is 5.74. The van der Waals surface area contributed by atoms with E-state index in [9.17, 15) is 14.9 Å². The zero-order valence-electron chi connectivity index (χ0n) is 21.2. The van der Waals surface area contributed by atoms with Crippen LogP contribution in [0.4, 0.5) is 5.69 Å². The van der Waals surface area contributed by atoms with E-state index in [1.165, 1.54) is 21.3 Å². The zero-order valence-corrected chi connectivity index (χ0v) is 22.1. The molecule has 190 valence electrons. The molecule has 0 aliphatic rings. The lowest BCUT2D eigenvalue weighted by Crippen LogP contribution is -2.34. The number of likely N-dealkylation sites (N-methyl/N-ethyl adjacent to an activating group) is 1. The molecule has 3 aromatic rings. The van der Waals surface area contributed by atoms with Gasteiger partial charge in [0.15, 0.2) is 5.57 Å². The molecule has 37 heavy (non-hydrogen) atoms. The summed E-state index contributed by atoms with van der Waals surface area (Å²) in [5.74, 6) is -0.674. The summed E-state index contributed by atoms with van der Waals surface area (Å²) < 4.78 is 2.04. The summed E-state index contributed by atoms with van der Waals surface area (Å²) in [7, 11) is 2.11. The zero-order chi connectivity index (χ0) is 26.8. The average molecular weight is 515 g/mol. The highest BCUT2D eigenvalue weighted by Gasteiger charge is 2.14. The number of hydrogen-bond acceptors (Lipinski definition) is 7. The van der Waals surface area contributed by atoms with Crippen molar-refractivity contribution in [3.05, 3.63) is 84.8 Å². The van der Waals surface area contributed by atoms with Gasteiger partial charge < -0.3 is 15.5 Å². The van der Waals surface area contributed by atoms with E-state index in [-0.39, 0.29) is 22.3 Å². The van der Waals surface area contributed by atoms with Gasteiger partial charge in [0.05, 0.1) is 6.07 Å². The second-order valence-electron chi connectivity index (χ2n) is 8.61. The maximum absolute atomic E-state index is 12.9. The quantitative estimate of drug-likeness (QED) is 0.401. The van der Waals surface area contributed by atoms with Crippen LogP contribution in [0.2, 0.25) is 0 Å². The smallest absolute Gasteiger partial charge is 0.270 e. The van der Waals surface area contributed by atoms with Crippen LogP contribution in [0.1, 0.15) is 23.6 Å². The number of amides is 1. The number of carbonyl (C=O) groups excluding carboxylic acids is 1. The van der Waals surface area contributed by atoms with Crippen LogP contribution in [-0.2, 0) is 24.3 Å². The Morgan fingerprint density at radius 1 is 1.16 bits per heavy atom. The van der Waals surface area contributed by atoms with E-state index >= 15 is 0 Å². The van der Waals surface area contributed by atoms with Gasteiger partial charge in [0, 0.05) is 31.5 Å². The van der Waals surface area contributed by atoms with Crippen molar-refractivity contribution in [2.75, 3.05) is 25.5 Å². The van der Waals surface area contributed by atoms with Crippen molar-refractivity contribution in [2.45, 2.75) is 33.4 Å². The highest BCUT2D eigenvalue weighted by molar-refractivity contribution is 7.07. The number of aromatic nitrogens is 1. The van der Waals surface area contributed by atoms with Crippen molar-refractivity contribution in [3.63, 3.8) is 0 Å². The van der Waals surface area contributed by atoms with E-state index in [4.69, 9.17) is 5.26 Å². The van der Waals surface area contributed by atoms with E-state index in [0.717, 1.165) is 36.5 Å². The van der Waals surface area contributed by atoms with Gasteiger partial charge in [-0.25, -0.2) is 0 Å². The summed E-state index contributed by atoms with van der Waals surface area (Å²) in [5, 5.41) is 23.8. The van der Waals surface area contributed by atoms with Gasteiger partial charge in [0.25, 0.3) is 11.5 Å². The van der Waals surface area contributed by atoms with Crippen molar-refractivity contribution >= 4 is 34.7 Å². The molecule has 0 radical (unpaired) electrons. The molecule has 0 saturated heterocycles. The molecule has 0 fully saturated rings. The minimum absolute atomic E-state index is 0.185. The molecule has 1 heterocycles. The van der Waals surface area contributed by atoms with Crippen LogP contribution >= 0.6 is 11.3 Å². The van der Waals surface area contributed by atoms with Gasteiger partial charge in [0.1, 0.15) is 21.8 Å². The molecule has 2 aromatic carbocycles. The highest BCUT2D eigenvalue weighted by Crippen LogP contribution is 2.13. The largest absolute Gasteiger partial charge is 0.360 e. The number of carbonyl (C=O) groups is 1. The topological polar surface area (TPSA) is 114 Å². The van der Waals surface area contributed by atoms with Crippen LogP contribution in [0.5, 0.6) is 0 Å². The molecular formula is C28H30N6O2S. The Balaban J connectivity index is 1.76. The first-order valence-corrected chi connectivity index (χ1v) is 12.8. The molecule has 1 aromatic heterocycles. The lowest BCUT2D eigenvalue weighted by atomic mass is 10.1. The minimum Gasteiger partial charge on any atom is -0.360 e. The molecule has 2 N–H and O–H groups in total. The normalized spacial score (nSPS) is 12.1. The third-order valence-corrected chi connectivity index (χ3v) is 6.85. The molecule has 0 unspecified atom stereocenters. The van der Waals surface area contributed by atoms with E-state index in [1.54, 1.807) is 19.2 Å². The number of aryl methyl sites for hydroxylation is 1. The van der Waals surface area contributed by atoms with Crippen molar-refractivity contribution in [1.82, 2.24) is 14.8 Å². The number of nitrogens with one attached hydrogen (secondary N) is 2. The first-order chi connectivity index (χ1) is 17.9. The molecular weight excluding hydrogens is 484 g/mol. The first-order valence-electron chi connectivity index (χ1n) is 11.9. The summed E-state index contributed by atoms with van der Waals surface area (Å²) in [6.07, 6.45) is 2.48. The number of nitrogens with zero attached hydrogens (tertiary/aromatic N) is 4. The van der Waals surface area contributed by atoms with Gasteiger partial charge in [-0.1, -0.05) is 42.0 Å². The molecule has 0 spiro atoms. The fourth-order valence-electron chi connectivity index (χ4n) is 3.88. The van der Waals surface area contributed by atoms with Crippen LogP contribution < -0.4 is 25.4 Å². The number of anilines is 1. The number of nitriles is 2. The summed E-state index contributed by atoms with van der Waals surface area (Å²) in [5.41, 5.74) is 4.09. The SMILES string of the molecule is CCn1c(=C(C#N)C(=O)NCC#N)sc(=CNc2cccc(CCN(C)Cc3cccc(C)c3)c2)c1=O. The predicted molar refractivity (Wildman–Crippen MR) is 147 cm³/mol. The minimum atomic E-state index is -0.674. The lowest BCUT2D eigenvalue weighted by molar-refractivity contribution is -0.115. The Bertz CT molecular complexity index is 1520. The van der Waals surface area contributed by atoms with Crippen molar-refractivity contribution in [2.24, 2.45) is 0 Å². The second kappa shape index (κ2) is 13.2. The Labute approximate surface area is 220 Å². The Hall–Kier alpha value is -4.18. The summed E-state index contributed by atoms with van der Waals surface area (Å²) >= 11 is 1.07. The van der Waals surface area contributed by atoms with Gasteiger partial charge in [-0.05, 0) is 50.6 Å². The summed E-state index contributed by atoms with van der Waals surface area (Å²) in [6, 6.07) is 20.2. The second-order valence-corrected chi connectivity index (χ2v) is 9.65. The lowest BCUT2D eigenvalue weighted by Gasteiger charge is -2.17. The van der Waals surface area contributed by atoms with Crippen LogP contribution in [0, 0.1) is 29.6 Å². The highest BCUT2D eigenvalue weighted by atomic mass is 32.1. The van der Waals surface area contributed by atoms with Gasteiger partial charge >= 0.3 is 0 Å². The monoisotopic (exact) mass is 514 g/mol. The van der Waals surface area contributed by atoms with Crippen LogP contribution in [0.25, 0.3) is 11.8 Å². The van der Waals surface area contributed by atoms with Crippen LogP contribution in [0.3, 0.4) is 0 Å². The molecule has 3 rings (SSSR count). The van der Waals surface area contributed by atoms with E-state index < -0.39 is 5.91 Å². The fraction of sp³-hybridized carbons (Fsp3) is 0.286. The molecule has 1 amide bonds. The molecule has 0 saturated carbocycles. The van der Waals surface area contributed by atoms with Crippen molar-refractivity contribution in [1.29, 1.82) is 10.5 Å². The number of rotatable bonds is 10. The first kappa shape index (κ1) is 27.4. The van der Waals surface area contributed by atoms with E-state index in [1.807, 2.05) is 24.3 Å². The Kier molecular flexibility index (Phi) is 9.79. The van der Waals surface area contributed by atoms with E-state index in [2.05, 4.69) is 59.8 Å². The fourth-order valence-corrected chi connectivity index (χ4v) is 4.97. The van der Waals surface area contributed by atoms with E-state index in [0.29, 0.717) is 11.1 Å². The maximum Gasteiger partial charge on any atom is 0.270 e. The summed E-state index contributed by atoms with van der Waals surface area (Å²) in [4.78, 5) is 27.5. The van der Waals surface area contributed by atoms with Gasteiger partial charge in [0.2, 0.25) is 0 Å². The molecule has 9 heteroatoms. The Morgan fingerprint density at radius 3 is 2.62 bits per heavy atom. The molecule has 8 nitrogen and oxygen atoms in total. The Morgan fingerprint density at radius 2 is 1.92 bits per heavy atom. The molecule has 0 bridgehead atoms. The third kappa shape index (κ3) is 7.40. The number of hydrogen-bond donors (Lipinski definition) is 2. The van der Waals surface area contributed by atoms with Crippen molar-refractivity contribution in [3.8, 4) is 12.1 Å². The average Bonchev–Trinajstić information content (AvgIpc) is 3.20. The maximum atomic E-state index is 12.9. The molecule has 0 aliphatic carbocycles. The van der Waals surface area contributed by atoms with Crippen LogP contribution in [0.15, 0.2) is 53.3 Å². The van der Waals surface area contributed by atoms with Crippen molar-refractivity contribution < 1.29 is 4.79 Å². The number of benzene rings is 2. The van der Waals surface area contributed by atoms with Gasteiger partial charge in [-0.15, -0.1) is 11.3 Å². The standard InChI is InChI=1S/C28H30N6O2S/c1-4-34-27(36)25(37-28(34)24(17-30)26(35)31-13-12-29)18-32-23-10-6-8-21(16-23)11-14-33(3)19-22-9-5-7-20(2)15-22/h5-10,15-16,18,32H,4,11,13-14,19H2,1-3H3,(H,31,35). The predicted octanol–water partition coefficient (Wildman–Crippen LogP) is 2.08.